The second-order valence-electron chi connectivity index (χ2n) is 7.89. The minimum absolute atomic E-state index is 0.790. The molecule has 0 aromatic heterocycles. The Labute approximate surface area is 153 Å². The molecule has 0 saturated heterocycles. The highest BCUT2D eigenvalue weighted by molar-refractivity contribution is 5.69. The SMILES string of the molecule is C=C(Nc1ccc(C2=CCC(C)C2)cc1)C1=C(C(C)=C(C)C)CCC1. The molecule has 1 nitrogen and oxygen atoms in total. The van der Waals surface area contributed by atoms with Crippen LogP contribution in [0.1, 0.15) is 65.4 Å². The Hall–Kier alpha value is -2.02. The van der Waals surface area contributed by atoms with Crippen molar-refractivity contribution in [1.82, 2.24) is 0 Å². The third-order valence-corrected chi connectivity index (χ3v) is 5.67. The van der Waals surface area contributed by atoms with Gasteiger partial charge in [0.05, 0.1) is 0 Å². The molecule has 0 heterocycles. The van der Waals surface area contributed by atoms with Gasteiger partial charge in [0.1, 0.15) is 0 Å². The predicted octanol–water partition coefficient (Wildman–Crippen LogP) is 7.26. The van der Waals surface area contributed by atoms with Crippen LogP contribution in [-0.2, 0) is 0 Å². The molecule has 1 unspecified atom stereocenters. The average Bonchev–Trinajstić information content (AvgIpc) is 3.23. The summed E-state index contributed by atoms with van der Waals surface area (Å²) in [6.45, 7) is 13.3. The van der Waals surface area contributed by atoms with E-state index in [0.717, 1.165) is 23.7 Å². The van der Waals surface area contributed by atoms with Crippen LogP contribution in [0, 0.1) is 5.92 Å². The molecule has 0 aliphatic heterocycles. The van der Waals surface area contributed by atoms with Gasteiger partial charge in [0.2, 0.25) is 0 Å². The number of rotatable bonds is 5. The quantitative estimate of drug-likeness (QED) is 0.597. The fraction of sp³-hybridized carbons (Fsp3) is 0.417. The summed E-state index contributed by atoms with van der Waals surface area (Å²) in [5.41, 5.74) is 10.8. The third kappa shape index (κ3) is 3.98. The van der Waals surface area contributed by atoms with Crippen molar-refractivity contribution < 1.29 is 0 Å². The summed E-state index contributed by atoms with van der Waals surface area (Å²) >= 11 is 0. The van der Waals surface area contributed by atoms with E-state index in [1.807, 2.05) is 0 Å². The summed E-state index contributed by atoms with van der Waals surface area (Å²) < 4.78 is 0. The van der Waals surface area contributed by atoms with Gasteiger partial charge in [0, 0.05) is 11.4 Å². The van der Waals surface area contributed by atoms with E-state index in [-0.39, 0.29) is 0 Å². The Morgan fingerprint density at radius 1 is 1.04 bits per heavy atom. The van der Waals surface area contributed by atoms with Gasteiger partial charge in [-0.3, -0.25) is 0 Å². The van der Waals surface area contributed by atoms with E-state index in [1.165, 1.54) is 59.1 Å². The normalized spacial score (nSPS) is 19.8. The molecule has 1 heteroatoms. The van der Waals surface area contributed by atoms with Gasteiger partial charge in [-0.15, -0.1) is 0 Å². The highest BCUT2D eigenvalue weighted by Gasteiger charge is 2.19. The Balaban J connectivity index is 1.73. The number of hydrogen-bond acceptors (Lipinski definition) is 1. The van der Waals surface area contributed by atoms with Crippen LogP contribution in [0.4, 0.5) is 5.69 Å². The Morgan fingerprint density at radius 2 is 1.72 bits per heavy atom. The first-order chi connectivity index (χ1) is 12.0. The molecule has 2 aliphatic carbocycles. The van der Waals surface area contributed by atoms with E-state index < -0.39 is 0 Å². The van der Waals surface area contributed by atoms with Gasteiger partial charge in [0.25, 0.3) is 0 Å². The van der Waals surface area contributed by atoms with Gasteiger partial charge < -0.3 is 5.32 Å². The van der Waals surface area contributed by atoms with E-state index in [9.17, 15) is 0 Å². The molecule has 1 atom stereocenters. The van der Waals surface area contributed by atoms with Gasteiger partial charge in [0.15, 0.2) is 0 Å². The highest BCUT2D eigenvalue weighted by atomic mass is 14.9. The Bertz CT molecular complexity index is 752. The van der Waals surface area contributed by atoms with Crippen molar-refractivity contribution in [2.45, 2.75) is 59.8 Å². The summed E-state index contributed by atoms with van der Waals surface area (Å²) in [6, 6.07) is 8.86. The summed E-state index contributed by atoms with van der Waals surface area (Å²) in [5.74, 6) is 0.790. The van der Waals surface area contributed by atoms with Crippen LogP contribution in [0.15, 0.2) is 64.9 Å². The lowest BCUT2D eigenvalue weighted by Gasteiger charge is -2.15. The van der Waals surface area contributed by atoms with E-state index in [4.69, 9.17) is 0 Å². The summed E-state index contributed by atoms with van der Waals surface area (Å²) in [4.78, 5) is 0. The molecule has 2 aliphatic rings. The zero-order chi connectivity index (χ0) is 18.0. The maximum absolute atomic E-state index is 4.33. The van der Waals surface area contributed by atoms with Crippen LogP contribution in [0.25, 0.3) is 5.57 Å². The fourth-order valence-corrected chi connectivity index (χ4v) is 3.93. The van der Waals surface area contributed by atoms with Crippen LogP contribution in [-0.4, -0.2) is 0 Å². The van der Waals surface area contributed by atoms with Gasteiger partial charge in [-0.05, 0) is 98.8 Å². The van der Waals surface area contributed by atoms with E-state index in [1.54, 1.807) is 0 Å². The minimum atomic E-state index is 0.790. The molecule has 1 N–H and O–H groups in total. The second-order valence-corrected chi connectivity index (χ2v) is 7.89. The van der Waals surface area contributed by atoms with Crippen molar-refractivity contribution in [2.75, 3.05) is 5.32 Å². The van der Waals surface area contributed by atoms with Crippen LogP contribution < -0.4 is 5.32 Å². The van der Waals surface area contributed by atoms with Gasteiger partial charge in [-0.1, -0.05) is 37.3 Å². The lowest BCUT2D eigenvalue weighted by Crippen LogP contribution is -2.02. The molecular formula is C24H31N. The Morgan fingerprint density at radius 3 is 2.32 bits per heavy atom. The van der Waals surface area contributed by atoms with Gasteiger partial charge in [-0.25, -0.2) is 0 Å². The molecule has 1 aromatic rings. The summed E-state index contributed by atoms with van der Waals surface area (Å²) in [7, 11) is 0. The maximum Gasteiger partial charge on any atom is 0.0384 e. The molecule has 0 spiro atoms. The number of hydrogen-bond donors (Lipinski definition) is 1. The lowest BCUT2D eigenvalue weighted by atomic mass is 9.98. The first-order valence-corrected chi connectivity index (χ1v) is 9.58. The Kier molecular flexibility index (Phi) is 5.32. The van der Waals surface area contributed by atoms with Crippen LogP contribution >= 0.6 is 0 Å². The van der Waals surface area contributed by atoms with Crippen molar-refractivity contribution in [3.05, 3.63) is 70.5 Å². The van der Waals surface area contributed by atoms with E-state index >= 15 is 0 Å². The van der Waals surface area contributed by atoms with Crippen LogP contribution in [0.2, 0.25) is 0 Å². The first-order valence-electron chi connectivity index (χ1n) is 9.58. The summed E-state index contributed by atoms with van der Waals surface area (Å²) in [6.07, 6.45) is 8.36. The largest absolute Gasteiger partial charge is 0.356 e. The number of benzene rings is 1. The van der Waals surface area contributed by atoms with Crippen molar-refractivity contribution in [2.24, 2.45) is 5.92 Å². The average molecular weight is 334 g/mol. The molecule has 0 radical (unpaired) electrons. The minimum Gasteiger partial charge on any atom is -0.356 e. The smallest absolute Gasteiger partial charge is 0.0384 e. The molecule has 0 bridgehead atoms. The van der Waals surface area contributed by atoms with Crippen LogP contribution in [0.3, 0.4) is 0 Å². The van der Waals surface area contributed by atoms with Crippen LogP contribution in [0.5, 0.6) is 0 Å². The molecule has 25 heavy (non-hydrogen) atoms. The maximum atomic E-state index is 4.33. The van der Waals surface area contributed by atoms with E-state index in [2.05, 4.69) is 69.9 Å². The molecular weight excluding hydrogens is 302 g/mol. The molecule has 1 aromatic carbocycles. The number of allylic oxidation sites excluding steroid dienone is 6. The molecule has 132 valence electrons. The third-order valence-electron chi connectivity index (χ3n) is 5.67. The van der Waals surface area contributed by atoms with Gasteiger partial charge in [-0.2, -0.15) is 0 Å². The zero-order valence-corrected chi connectivity index (χ0v) is 16.2. The van der Waals surface area contributed by atoms with Crippen molar-refractivity contribution in [1.29, 1.82) is 0 Å². The zero-order valence-electron chi connectivity index (χ0n) is 16.2. The fourth-order valence-electron chi connectivity index (χ4n) is 3.93. The van der Waals surface area contributed by atoms with E-state index in [0.29, 0.717) is 0 Å². The van der Waals surface area contributed by atoms with Crippen molar-refractivity contribution in [3.63, 3.8) is 0 Å². The molecule has 0 fully saturated rings. The lowest BCUT2D eigenvalue weighted by molar-refractivity contribution is 0.642. The monoisotopic (exact) mass is 333 g/mol. The summed E-state index contributed by atoms with van der Waals surface area (Å²) in [5, 5.41) is 3.54. The predicted molar refractivity (Wildman–Crippen MR) is 111 cm³/mol. The molecule has 3 rings (SSSR count). The van der Waals surface area contributed by atoms with Crippen molar-refractivity contribution >= 4 is 11.3 Å². The second kappa shape index (κ2) is 7.47. The molecule has 0 amide bonds. The van der Waals surface area contributed by atoms with Gasteiger partial charge >= 0.3 is 0 Å². The molecule has 0 saturated carbocycles. The van der Waals surface area contributed by atoms with Crippen molar-refractivity contribution in [3.8, 4) is 0 Å². The first kappa shape index (κ1) is 17.8. The topological polar surface area (TPSA) is 12.0 Å². The standard InChI is InChI=1S/C24H31N/c1-16(2)18(4)23-7-6-8-24(23)19(5)25-22-13-11-20(12-14-22)21-10-9-17(3)15-21/h10-14,17,25H,5-9,15H2,1-4H3. The number of anilines is 1. The highest BCUT2D eigenvalue weighted by Crippen LogP contribution is 2.37. The number of nitrogens with one attached hydrogen (secondary N) is 1.